The van der Waals surface area contributed by atoms with Crippen LogP contribution in [0.3, 0.4) is 0 Å². The van der Waals surface area contributed by atoms with Crippen LogP contribution in [0.2, 0.25) is 0 Å². The van der Waals surface area contributed by atoms with E-state index in [4.69, 9.17) is 0 Å². The second-order valence-electron chi connectivity index (χ2n) is 5.36. The van der Waals surface area contributed by atoms with E-state index in [1.165, 1.54) is 37.9 Å². The molecule has 0 bridgehead atoms. The number of hydrogen-bond acceptors (Lipinski definition) is 0. The summed E-state index contributed by atoms with van der Waals surface area (Å²) in [5, 5.41) is 8.39. The van der Waals surface area contributed by atoms with Crippen LogP contribution in [0.25, 0.3) is 38.4 Å². The molecule has 5 rings (SSSR count). The van der Waals surface area contributed by atoms with Gasteiger partial charge in [-0.15, -0.1) is 0 Å². The molecule has 0 aromatic heterocycles. The van der Waals surface area contributed by atoms with Crippen molar-refractivity contribution in [2.45, 2.75) is 0 Å². The summed E-state index contributed by atoms with van der Waals surface area (Å²) < 4.78 is 1.57. The number of allylic oxidation sites excluding steroid dienone is 1. The summed E-state index contributed by atoms with van der Waals surface area (Å²) >= 11 is -0.110. The molecule has 4 aromatic rings. The normalized spacial score (nSPS) is 13.6. The topological polar surface area (TPSA) is 0 Å². The summed E-state index contributed by atoms with van der Waals surface area (Å²) in [5.74, 6) is 0. The average molecular weight is 312 g/mol. The summed E-state index contributed by atoms with van der Waals surface area (Å²) in [6, 6.07) is 18.1. The van der Waals surface area contributed by atoms with Crippen LogP contribution in [0.4, 0.5) is 0 Å². The SMILES string of the molecule is C1=Cc2[c](cc3ccc4cccc5ccc2c3c45)[Ge]=[CH]1. The first-order chi connectivity index (χ1) is 9.92. The van der Waals surface area contributed by atoms with Gasteiger partial charge in [0.25, 0.3) is 0 Å². The van der Waals surface area contributed by atoms with Gasteiger partial charge in [-0.2, -0.15) is 0 Å². The van der Waals surface area contributed by atoms with Gasteiger partial charge in [-0.05, 0) is 0 Å². The Morgan fingerprint density at radius 3 is 2.45 bits per heavy atom. The number of benzene rings is 4. The van der Waals surface area contributed by atoms with E-state index in [0.717, 1.165) is 0 Å². The third kappa shape index (κ3) is 1.30. The van der Waals surface area contributed by atoms with Gasteiger partial charge < -0.3 is 0 Å². The molecule has 0 nitrogen and oxygen atoms in total. The van der Waals surface area contributed by atoms with Crippen molar-refractivity contribution in [3.05, 3.63) is 60.2 Å². The zero-order chi connectivity index (χ0) is 13.1. The van der Waals surface area contributed by atoms with E-state index in [-0.39, 0.29) is 15.0 Å². The first-order valence-electron chi connectivity index (χ1n) is 6.89. The van der Waals surface area contributed by atoms with Crippen LogP contribution in [0.15, 0.2) is 54.6 Å². The van der Waals surface area contributed by atoms with Gasteiger partial charge >= 0.3 is 123 Å². The van der Waals surface area contributed by atoms with Gasteiger partial charge in [0.15, 0.2) is 0 Å². The van der Waals surface area contributed by atoms with Gasteiger partial charge in [0, 0.05) is 0 Å². The molecular weight excluding hydrogens is 301 g/mol. The van der Waals surface area contributed by atoms with Crippen molar-refractivity contribution >= 4 is 62.6 Å². The molecule has 4 aromatic carbocycles. The van der Waals surface area contributed by atoms with Crippen molar-refractivity contribution in [3.63, 3.8) is 0 Å². The van der Waals surface area contributed by atoms with Crippen LogP contribution >= 0.6 is 0 Å². The van der Waals surface area contributed by atoms with Crippen molar-refractivity contribution < 1.29 is 0 Å². The summed E-state index contributed by atoms with van der Waals surface area (Å²) in [6.45, 7) is 0. The van der Waals surface area contributed by atoms with Gasteiger partial charge in [0.1, 0.15) is 0 Å². The van der Waals surface area contributed by atoms with Gasteiger partial charge in [-0.3, -0.25) is 0 Å². The Balaban J connectivity index is 2.16. The Morgan fingerprint density at radius 2 is 1.55 bits per heavy atom. The molecule has 0 saturated carbocycles. The summed E-state index contributed by atoms with van der Waals surface area (Å²) in [5.41, 5.74) is 1.46. The second kappa shape index (κ2) is 3.80. The van der Waals surface area contributed by atoms with E-state index in [1.54, 1.807) is 4.40 Å². The van der Waals surface area contributed by atoms with Crippen LogP contribution in [0.1, 0.15) is 5.56 Å². The minimum absolute atomic E-state index is 0.110. The molecule has 0 spiro atoms. The standard InChI is InChI=1S/C19H11Ge/c1-3-12-6-7-14-11-17-15(5-2-10-20-17)16-9-8-13(4-1)18(12)19(14)16/h1-11H. The van der Waals surface area contributed by atoms with E-state index in [1.807, 2.05) is 0 Å². The van der Waals surface area contributed by atoms with Crippen LogP contribution in [0, 0.1) is 0 Å². The predicted molar refractivity (Wildman–Crippen MR) is 90.6 cm³/mol. The van der Waals surface area contributed by atoms with Crippen LogP contribution < -0.4 is 4.40 Å². The molecule has 1 aliphatic rings. The van der Waals surface area contributed by atoms with Crippen LogP contribution in [0.5, 0.6) is 0 Å². The molecule has 0 fully saturated rings. The van der Waals surface area contributed by atoms with E-state index in [2.05, 4.69) is 65.5 Å². The Bertz CT molecular complexity index is 1020. The minimum atomic E-state index is -0.110. The first-order valence-corrected chi connectivity index (χ1v) is 9.15. The summed E-state index contributed by atoms with van der Waals surface area (Å²) in [7, 11) is 0. The van der Waals surface area contributed by atoms with E-state index in [9.17, 15) is 0 Å². The maximum absolute atomic E-state index is 2.42. The Morgan fingerprint density at radius 1 is 0.750 bits per heavy atom. The van der Waals surface area contributed by atoms with E-state index in [0.29, 0.717) is 0 Å². The molecule has 0 amide bonds. The molecule has 0 atom stereocenters. The van der Waals surface area contributed by atoms with Crippen LogP contribution in [-0.4, -0.2) is 19.8 Å². The number of hydrogen-bond donors (Lipinski definition) is 0. The van der Waals surface area contributed by atoms with Crippen LogP contribution in [-0.2, 0) is 0 Å². The monoisotopic (exact) mass is 313 g/mol. The molecule has 20 heavy (non-hydrogen) atoms. The fourth-order valence-corrected chi connectivity index (χ4v) is 5.48. The second-order valence-corrected chi connectivity index (χ2v) is 7.80. The molecule has 91 valence electrons. The maximum atomic E-state index is 2.42. The first kappa shape index (κ1) is 10.8. The van der Waals surface area contributed by atoms with Crippen molar-refractivity contribution in [2.75, 3.05) is 0 Å². The fourth-order valence-electron chi connectivity index (χ4n) is 3.41. The Hall–Kier alpha value is -1.93. The van der Waals surface area contributed by atoms with Gasteiger partial charge in [-0.1, -0.05) is 0 Å². The number of rotatable bonds is 0. The molecule has 0 saturated heterocycles. The zero-order valence-corrected chi connectivity index (χ0v) is 12.9. The molecule has 0 aliphatic carbocycles. The Labute approximate surface area is 123 Å². The summed E-state index contributed by atoms with van der Waals surface area (Å²) in [4.78, 5) is 2.36. The zero-order valence-electron chi connectivity index (χ0n) is 10.9. The fraction of sp³-hybridized carbons (Fsp3) is 0. The molecule has 1 aliphatic heterocycles. The molecule has 0 N–H and O–H groups in total. The van der Waals surface area contributed by atoms with Crippen molar-refractivity contribution in [1.82, 2.24) is 0 Å². The third-order valence-electron chi connectivity index (χ3n) is 4.29. The van der Waals surface area contributed by atoms with Gasteiger partial charge in [-0.25, -0.2) is 0 Å². The molecular formula is C19H11Ge. The quantitative estimate of drug-likeness (QED) is 0.343. The molecule has 1 heteroatoms. The summed E-state index contributed by atoms with van der Waals surface area (Å²) in [6.07, 6.45) is 4.52. The Kier molecular flexibility index (Phi) is 2.05. The van der Waals surface area contributed by atoms with E-state index >= 15 is 0 Å². The molecule has 0 unspecified atom stereocenters. The van der Waals surface area contributed by atoms with Crippen molar-refractivity contribution in [1.29, 1.82) is 0 Å². The molecule has 1 heterocycles. The van der Waals surface area contributed by atoms with Crippen molar-refractivity contribution in [2.24, 2.45) is 0 Å². The van der Waals surface area contributed by atoms with Gasteiger partial charge in [0.05, 0.1) is 0 Å². The predicted octanol–water partition coefficient (Wildman–Crippen LogP) is 3.74. The van der Waals surface area contributed by atoms with Crippen molar-refractivity contribution in [3.8, 4) is 0 Å². The average Bonchev–Trinajstić information content (AvgIpc) is 2.52. The molecule has 1 radical (unpaired) electrons. The third-order valence-corrected chi connectivity index (χ3v) is 6.56. The van der Waals surface area contributed by atoms with E-state index < -0.39 is 0 Å². The van der Waals surface area contributed by atoms with Gasteiger partial charge in [0.2, 0.25) is 0 Å². The number of fused-ring (bicyclic) bond motifs is 2.